The van der Waals surface area contributed by atoms with Crippen molar-refractivity contribution in [2.45, 2.75) is 19.4 Å². The van der Waals surface area contributed by atoms with Gasteiger partial charge in [0.15, 0.2) is 0 Å². The van der Waals surface area contributed by atoms with Gasteiger partial charge in [-0.3, -0.25) is 4.90 Å². The lowest BCUT2D eigenvalue weighted by Crippen LogP contribution is -2.31. The number of benzene rings is 1. The zero-order chi connectivity index (χ0) is 13.4. The summed E-state index contributed by atoms with van der Waals surface area (Å²) in [5.41, 5.74) is 1.25. The van der Waals surface area contributed by atoms with Crippen LogP contribution in [0.25, 0.3) is 0 Å². The van der Waals surface area contributed by atoms with Gasteiger partial charge in [0.05, 0.1) is 13.2 Å². The number of ether oxygens (including phenoxy) is 1. The largest absolute Gasteiger partial charge is 0.491 e. The number of likely N-dealkylation sites (N-methyl/N-ethyl adjacent to an activating group) is 1. The second-order valence-corrected chi connectivity index (χ2v) is 4.39. The van der Waals surface area contributed by atoms with E-state index in [-0.39, 0.29) is 6.61 Å². The molecule has 0 saturated heterocycles. The fourth-order valence-corrected chi connectivity index (χ4v) is 1.68. The number of rotatable bonds is 7. The molecule has 0 heterocycles. The molecular weight excluding hydrogens is 226 g/mol. The van der Waals surface area contributed by atoms with E-state index in [1.165, 1.54) is 5.56 Å². The Morgan fingerprint density at radius 2 is 2.06 bits per heavy atom. The third kappa shape index (κ3) is 4.79. The minimum Gasteiger partial charge on any atom is -0.491 e. The third-order valence-electron chi connectivity index (χ3n) is 2.91. The number of nitrogens with zero attached hydrogens (tertiary/aromatic N) is 1. The van der Waals surface area contributed by atoms with Gasteiger partial charge in [-0.2, -0.15) is 0 Å². The van der Waals surface area contributed by atoms with Gasteiger partial charge < -0.3 is 9.84 Å². The number of hydrogen-bond acceptors (Lipinski definition) is 3. The predicted octanol–water partition coefficient (Wildman–Crippen LogP) is 1.55. The van der Waals surface area contributed by atoms with Crippen LogP contribution in [0.5, 0.6) is 5.75 Å². The first-order valence-corrected chi connectivity index (χ1v) is 6.13. The van der Waals surface area contributed by atoms with Crippen LogP contribution in [0.1, 0.15) is 12.5 Å². The molecule has 0 fully saturated rings. The highest BCUT2D eigenvalue weighted by atomic mass is 16.5. The molecule has 3 nitrogen and oxygen atoms in total. The predicted molar refractivity (Wildman–Crippen MR) is 73.7 cm³/mol. The smallest absolute Gasteiger partial charge is 0.119 e. The Kier molecular flexibility index (Phi) is 6.27. The highest BCUT2D eigenvalue weighted by Gasteiger charge is 2.08. The maximum atomic E-state index is 8.67. The molecule has 1 unspecified atom stereocenters. The molecule has 1 aromatic rings. The number of aliphatic hydroxyl groups excluding tert-OH is 1. The molecule has 98 valence electrons. The van der Waals surface area contributed by atoms with Crippen LogP contribution in [-0.4, -0.2) is 42.9 Å². The molecule has 0 aliphatic heterocycles. The van der Waals surface area contributed by atoms with E-state index in [1.54, 1.807) is 0 Å². The highest BCUT2D eigenvalue weighted by Crippen LogP contribution is 2.14. The van der Waals surface area contributed by atoms with Crippen LogP contribution in [0.2, 0.25) is 0 Å². The Hall–Kier alpha value is -1.50. The highest BCUT2D eigenvalue weighted by molar-refractivity contribution is 5.27. The Labute approximate surface area is 109 Å². The molecule has 1 atom stereocenters. The summed E-state index contributed by atoms with van der Waals surface area (Å²) in [5, 5.41) is 8.67. The minimum absolute atomic E-state index is 0.0374. The fraction of sp³-hybridized carbons (Fsp3) is 0.467. The van der Waals surface area contributed by atoms with Crippen molar-refractivity contribution in [1.82, 2.24) is 4.90 Å². The van der Waals surface area contributed by atoms with Crippen molar-refractivity contribution in [2.75, 3.05) is 26.8 Å². The summed E-state index contributed by atoms with van der Waals surface area (Å²) < 4.78 is 5.31. The van der Waals surface area contributed by atoms with E-state index in [2.05, 4.69) is 17.7 Å². The van der Waals surface area contributed by atoms with Crippen LogP contribution >= 0.6 is 0 Å². The van der Waals surface area contributed by atoms with Crippen LogP contribution in [0.3, 0.4) is 0 Å². The van der Waals surface area contributed by atoms with Gasteiger partial charge in [0.1, 0.15) is 12.4 Å². The molecule has 0 aliphatic carbocycles. The quantitative estimate of drug-likeness (QED) is 0.742. The van der Waals surface area contributed by atoms with Crippen molar-refractivity contribution in [3.05, 3.63) is 29.8 Å². The van der Waals surface area contributed by atoms with Crippen molar-refractivity contribution < 1.29 is 9.84 Å². The summed E-state index contributed by atoms with van der Waals surface area (Å²) in [5.74, 6) is 3.44. The standard InChI is InChI=1S/C15H21NO2/c1-4-9-16(3)13(2)12-14-5-7-15(8-6-14)18-11-10-17/h1,5-8,13,17H,9-12H2,2-3H3. The van der Waals surface area contributed by atoms with Crippen LogP contribution in [0, 0.1) is 12.3 Å². The first kappa shape index (κ1) is 14.6. The van der Waals surface area contributed by atoms with Gasteiger partial charge in [0, 0.05) is 6.04 Å². The normalized spacial score (nSPS) is 12.2. The zero-order valence-electron chi connectivity index (χ0n) is 11.1. The maximum absolute atomic E-state index is 8.67. The van der Waals surface area contributed by atoms with Crippen molar-refractivity contribution in [1.29, 1.82) is 0 Å². The summed E-state index contributed by atoms with van der Waals surface area (Å²) in [6.07, 6.45) is 6.26. The molecule has 0 radical (unpaired) electrons. The van der Waals surface area contributed by atoms with Crippen molar-refractivity contribution >= 4 is 0 Å². The maximum Gasteiger partial charge on any atom is 0.119 e. The molecule has 0 aromatic heterocycles. The van der Waals surface area contributed by atoms with E-state index in [0.717, 1.165) is 12.2 Å². The third-order valence-corrected chi connectivity index (χ3v) is 2.91. The van der Waals surface area contributed by atoms with Gasteiger partial charge in [-0.25, -0.2) is 0 Å². The molecular formula is C15H21NO2. The second kappa shape index (κ2) is 7.75. The zero-order valence-corrected chi connectivity index (χ0v) is 11.1. The van der Waals surface area contributed by atoms with E-state index < -0.39 is 0 Å². The molecule has 1 rings (SSSR count). The van der Waals surface area contributed by atoms with Gasteiger partial charge in [-0.1, -0.05) is 18.1 Å². The molecule has 18 heavy (non-hydrogen) atoms. The Balaban J connectivity index is 2.50. The van der Waals surface area contributed by atoms with Crippen LogP contribution < -0.4 is 4.74 Å². The van der Waals surface area contributed by atoms with Crippen molar-refractivity contribution in [2.24, 2.45) is 0 Å². The Bertz CT molecular complexity index is 380. The molecule has 0 amide bonds. The Morgan fingerprint density at radius 1 is 1.39 bits per heavy atom. The van der Waals surface area contributed by atoms with Crippen molar-refractivity contribution in [3.63, 3.8) is 0 Å². The molecule has 1 N–H and O–H groups in total. The summed E-state index contributed by atoms with van der Waals surface area (Å²) in [7, 11) is 2.03. The van der Waals surface area contributed by atoms with E-state index in [1.807, 2.05) is 31.3 Å². The molecule has 1 aromatic carbocycles. The Morgan fingerprint density at radius 3 is 2.61 bits per heavy atom. The van der Waals surface area contributed by atoms with Gasteiger partial charge in [-0.15, -0.1) is 6.42 Å². The van der Waals surface area contributed by atoms with Crippen LogP contribution in [-0.2, 0) is 6.42 Å². The van der Waals surface area contributed by atoms with E-state index in [0.29, 0.717) is 19.2 Å². The first-order valence-electron chi connectivity index (χ1n) is 6.13. The van der Waals surface area contributed by atoms with E-state index in [4.69, 9.17) is 16.3 Å². The average molecular weight is 247 g/mol. The lowest BCUT2D eigenvalue weighted by molar-refractivity contribution is 0.201. The van der Waals surface area contributed by atoms with E-state index >= 15 is 0 Å². The van der Waals surface area contributed by atoms with Gasteiger partial charge in [0.25, 0.3) is 0 Å². The van der Waals surface area contributed by atoms with Gasteiger partial charge in [-0.05, 0) is 38.1 Å². The van der Waals surface area contributed by atoms with Gasteiger partial charge in [0.2, 0.25) is 0 Å². The summed E-state index contributed by atoms with van der Waals surface area (Å²) in [6.45, 7) is 3.20. The topological polar surface area (TPSA) is 32.7 Å². The van der Waals surface area contributed by atoms with Gasteiger partial charge >= 0.3 is 0 Å². The molecule has 0 aliphatic rings. The molecule has 0 spiro atoms. The molecule has 0 saturated carbocycles. The number of hydrogen-bond donors (Lipinski definition) is 1. The SMILES string of the molecule is C#CCN(C)C(C)Cc1ccc(OCCO)cc1. The molecule has 0 bridgehead atoms. The average Bonchev–Trinajstić information content (AvgIpc) is 2.38. The van der Waals surface area contributed by atoms with Crippen molar-refractivity contribution in [3.8, 4) is 18.1 Å². The second-order valence-electron chi connectivity index (χ2n) is 4.39. The summed E-state index contributed by atoms with van der Waals surface area (Å²) >= 11 is 0. The van der Waals surface area contributed by atoms with Crippen LogP contribution in [0.4, 0.5) is 0 Å². The monoisotopic (exact) mass is 247 g/mol. The summed E-state index contributed by atoms with van der Waals surface area (Å²) in [6, 6.07) is 8.36. The van der Waals surface area contributed by atoms with E-state index in [9.17, 15) is 0 Å². The summed E-state index contributed by atoms with van der Waals surface area (Å²) in [4.78, 5) is 2.15. The molecule has 3 heteroatoms. The van der Waals surface area contributed by atoms with Crippen LogP contribution in [0.15, 0.2) is 24.3 Å². The first-order chi connectivity index (χ1) is 8.67. The minimum atomic E-state index is 0.0374. The number of aliphatic hydroxyl groups is 1. The lowest BCUT2D eigenvalue weighted by Gasteiger charge is -2.22. The lowest BCUT2D eigenvalue weighted by atomic mass is 10.1. The fourth-order valence-electron chi connectivity index (χ4n) is 1.68. The number of terminal acetylenes is 1.